The molecule has 0 bridgehead atoms. The van der Waals surface area contributed by atoms with Crippen molar-refractivity contribution in [3.05, 3.63) is 28.8 Å². The Morgan fingerprint density at radius 1 is 1.29 bits per heavy atom. The fraction of sp³-hybridized carbons (Fsp3) is 0.222. The number of nitrogens with zero attached hydrogens (tertiary/aromatic N) is 1. The van der Waals surface area contributed by atoms with Crippen LogP contribution in [0.5, 0.6) is 0 Å². The lowest BCUT2D eigenvalue weighted by Crippen LogP contribution is -2.28. The number of halogens is 3. The number of fused-ring (bicyclic) bond motifs is 1. The number of benzene rings is 1. The van der Waals surface area contributed by atoms with Gasteiger partial charge in [-0.3, -0.25) is 4.99 Å². The topological polar surface area (TPSA) is 38.4 Å². The molecule has 0 unspecified atom stereocenters. The quantitative estimate of drug-likeness (QED) is 0.612. The number of hydrogen-bond acceptors (Lipinski definition) is 2. The summed E-state index contributed by atoms with van der Waals surface area (Å²) in [5.41, 5.74) is 5.27. The first-order valence-electron chi connectivity index (χ1n) is 3.99. The highest BCUT2D eigenvalue weighted by molar-refractivity contribution is 5.55. The summed E-state index contributed by atoms with van der Waals surface area (Å²) >= 11 is 0. The number of alkyl halides is 3. The number of nitrogen functional groups attached to an aromatic ring is 1. The van der Waals surface area contributed by atoms with E-state index >= 15 is 0 Å². The van der Waals surface area contributed by atoms with Crippen LogP contribution in [0.2, 0.25) is 0 Å². The summed E-state index contributed by atoms with van der Waals surface area (Å²) in [7, 11) is 0. The van der Waals surface area contributed by atoms with Gasteiger partial charge in [-0.05, 0) is 12.1 Å². The lowest BCUT2D eigenvalue weighted by molar-refractivity contribution is -0.0712. The molecule has 2 rings (SSSR count). The largest absolute Gasteiger partial charge is 0.415 e. The molecule has 1 aliphatic rings. The lowest BCUT2D eigenvalue weighted by Gasteiger charge is -2.05. The van der Waals surface area contributed by atoms with Gasteiger partial charge in [0, 0.05) is 10.9 Å². The van der Waals surface area contributed by atoms with Crippen LogP contribution < -0.4 is 16.3 Å². The Bertz CT molecular complexity index is 488. The Balaban J connectivity index is 2.74. The summed E-state index contributed by atoms with van der Waals surface area (Å²) < 4.78 is 37.2. The molecule has 5 heteroatoms. The molecule has 0 radical (unpaired) electrons. The Morgan fingerprint density at radius 2 is 2.00 bits per heavy atom. The first kappa shape index (κ1) is 9.05. The van der Waals surface area contributed by atoms with E-state index in [2.05, 4.69) is 4.99 Å². The molecule has 2 N–H and O–H groups in total. The molecule has 2 nitrogen and oxygen atoms in total. The summed E-state index contributed by atoms with van der Waals surface area (Å²) in [6, 6.07) is 4.27. The van der Waals surface area contributed by atoms with E-state index in [1.54, 1.807) is 0 Å². The van der Waals surface area contributed by atoms with Crippen LogP contribution >= 0.6 is 0 Å². The fourth-order valence-electron chi connectivity index (χ4n) is 1.43. The van der Waals surface area contributed by atoms with Crippen LogP contribution in [-0.4, -0.2) is 12.7 Å². The molecule has 0 atom stereocenters. The summed E-state index contributed by atoms with van der Waals surface area (Å²) in [5, 5.41) is 0.476. The summed E-state index contributed by atoms with van der Waals surface area (Å²) in [4.78, 5) is 3.77. The zero-order chi connectivity index (χ0) is 10.3. The SMILES string of the molecule is Nc1ccc2c(c1)=NCC=2C(F)(F)F. The van der Waals surface area contributed by atoms with Crippen molar-refractivity contribution in [2.24, 2.45) is 4.99 Å². The van der Waals surface area contributed by atoms with Crippen LogP contribution in [0.3, 0.4) is 0 Å². The van der Waals surface area contributed by atoms with Gasteiger partial charge in [0.25, 0.3) is 0 Å². The van der Waals surface area contributed by atoms with Crippen LogP contribution in [0, 0.1) is 0 Å². The van der Waals surface area contributed by atoms with Crippen molar-refractivity contribution in [1.82, 2.24) is 0 Å². The minimum atomic E-state index is -4.30. The van der Waals surface area contributed by atoms with Crippen LogP contribution in [-0.2, 0) is 0 Å². The number of hydrogen-bond donors (Lipinski definition) is 1. The first-order valence-corrected chi connectivity index (χ1v) is 3.99. The van der Waals surface area contributed by atoms with Gasteiger partial charge >= 0.3 is 6.18 Å². The maximum absolute atomic E-state index is 12.4. The van der Waals surface area contributed by atoms with Gasteiger partial charge in [-0.2, -0.15) is 13.2 Å². The van der Waals surface area contributed by atoms with Crippen molar-refractivity contribution in [3.8, 4) is 0 Å². The molecule has 0 saturated heterocycles. The summed E-state index contributed by atoms with van der Waals surface area (Å²) in [6.45, 7) is -0.303. The van der Waals surface area contributed by atoms with E-state index in [4.69, 9.17) is 5.73 Å². The molecule has 1 aliphatic heterocycles. The molecule has 0 amide bonds. The smallest absolute Gasteiger partial charge is 0.399 e. The highest BCUT2D eigenvalue weighted by Gasteiger charge is 2.35. The molecule has 0 fully saturated rings. The maximum atomic E-state index is 12.4. The molecule has 1 heterocycles. The first-order chi connectivity index (χ1) is 6.48. The van der Waals surface area contributed by atoms with Crippen molar-refractivity contribution < 1.29 is 13.2 Å². The third-order valence-electron chi connectivity index (χ3n) is 2.10. The minimum absolute atomic E-state index is 0.145. The standard InChI is InChI=1S/C9H7F3N2/c10-9(11,12)7-4-14-8-3-5(13)1-2-6(7)8/h1-3H,4,13H2. The van der Waals surface area contributed by atoms with Crippen LogP contribution in [0.25, 0.3) is 5.57 Å². The summed E-state index contributed by atoms with van der Waals surface area (Å²) in [6.07, 6.45) is -4.30. The van der Waals surface area contributed by atoms with E-state index in [-0.39, 0.29) is 11.8 Å². The number of rotatable bonds is 0. The zero-order valence-corrected chi connectivity index (χ0v) is 7.10. The molecular formula is C9H7F3N2. The molecule has 0 saturated carbocycles. The van der Waals surface area contributed by atoms with Gasteiger partial charge in [-0.25, -0.2) is 0 Å². The molecule has 1 aromatic carbocycles. The second-order valence-corrected chi connectivity index (χ2v) is 3.07. The monoisotopic (exact) mass is 200 g/mol. The highest BCUT2D eigenvalue weighted by Crippen LogP contribution is 2.26. The van der Waals surface area contributed by atoms with Crippen molar-refractivity contribution in [2.75, 3.05) is 12.3 Å². The van der Waals surface area contributed by atoms with Crippen molar-refractivity contribution in [2.45, 2.75) is 6.18 Å². The second-order valence-electron chi connectivity index (χ2n) is 3.07. The normalized spacial score (nSPS) is 15.2. The fourth-order valence-corrected chi connectivity index (χ4v) is 1.43. The molecule has 14 heavy (non-hydrogen) atoms. The zero-order valence-electron chi connectivity index (χ0n) is 7.10. The van der Waals surface area contributed by atoms with E-state index in [1.165, 1.54) is 18.2 Å². The van der Waals surface area contributed by atoms with E-state index in [0.29, 0.717) is 11.0 Å². The van der Waals surface area contributed by atoms with Gasteiger partial charge in [0.15, 0.2) is 0 Å². The Morgan fingerprint density at radius 3 is 2.64 bits per heavy atom. The maximum Gasteiger partial charge on any atom is 0.415 e. The van der Waals surface area contributed by atoms with Crippen LogP contribution in [0.1, 0.15) is 0 Å². The van der Waals surface area contributed by atoms with Crippen LogP contribution in [0.15, 0.2) is 23.2 Å². The molecule has 0 aromatic heterocycles. The molecule has 74 valence electrons. The van der Waals surface area contributed by atoms with Crippen molar-refractivity contribution in [1.29, 1.82) is 0 Å². The predicted octanol–water partition coefficient (Wildman–Crippen LogP) is 0.615. The van der Waals surface area contributed by atoms with E-state index in [1.807, 2.05) is 0 Å². The highest BCUT2D eigenvalue weighted by atomic mass is 19.4. The Hall–Kier alpha value is -1.52. The summed E-state index contributed by atoms with van der Waals surface area (Å²) in [5.74, 6) is 0. The third kappa shape index (κ3) is 1.34. The van der Waals surface area contributed by atoms with Gasteiger partial charge in [0.2, 0.25) is 0 Å². The average molecular weight is 200 g/mol. The minimum Gasteiger partial charge on any atom is -0.399 e. The lowest BCUT2D eigenvalue weighted by atomic mass is 10.2. The Labute approximate surface area is 77.6 Å². The van der Waals surface area contributed by atoms with Crippen molar-refractivity contribution >= 4 is 11.3 Å². The molecule has 0 spiro atoms. The molecular weight excluding hydrogens is 193 g/mol. The van der Waals surface area contributed by atoms with Crippen LogP contribution in [0.4, 0.5) is 18.9 Å². The number of anilines is 1. The van der Waals surface area contributed by atoms with Gasteiger partial charge < -0.3 is 5.73 Å². The second kappa shape index (κ2) is 2.73. The van der Waals surface area contributed by atoms with E-state index in [0.717, 1.165) is 0 Å². The molecule has 0 aliphatic carbocycles. The van der Waals surface area contributed by atoms with Crippen molar-refractivity contribution in [3.63, 3.8) is 0 Å². The molecule has 1 aromatic rings. The van der Waals surface area contributed by atoms with Gasteiger partial charge in [0.05, 0.1) is 17.5 Å². The predicted molar refractivity (Wildman–Crippen MR) is 46.0 cm³/mol. The number of nitrogens with two attached hydrogens (primary N) is 1. The van der Waals surface area contributed by atoms with E-state index < -0.39 is 11.7 Å². The van der Waals surface area contributed by atoms with E-state index in [9.17, 15) is 13.2 Å². The third-order valence-corrected chi connectivity index (χ3v) is 2.10. The van der Waals surface area contributed by atoms with Gasteiger partial charge in [-0.1, -0.05) is 6.07 Å². The average Bonchev–Trinajstić information content (AvgIpc) is 2.45. The van der Waals surface area contributed by atoms with Gasteiger partial charge in [-0.15, -0.1) is 0 Å². The Kier molecular flexibility index (Phi) is 1.77. The van der Waals surface area contributed by atoms with Gasteiger partial charge in [0.1, 0.15) is 0 Å².